The van der Waals surface area contributed by atoms with Crippen LogP contribution < -0.4 is 4.74 Å². The number of hydrogen-bond acceptors (Lipinski definition) is 3. The Balaban J connectivity index is 2.41. The minimum atomic E-state index is -0.754. The van der Waals surface area contributed by atoms with Gasteiger partial charge in [0.25, 0.3) is 0 Å². The number of unbranched alkanes of at least 4 members (excludes halogenated alkanes) is 1. The lowest BCUT2D eigenvalue weighted by molar-refractivity contribution is 0.0757. The Morgan fingerprint density at radius 3 is 2.71 bits per heavy atom. The molecule has 17 heavy (non-hydrogen) atoms. The first kappa shape index (κ1) is 13.1. The fourth-order valence-electron chi connectivity index (χ4n) is 1.29. The molecule has 1 atom stereocenters. The van der Waals surface area contributed by atoms with E-state index >= 15 is 0 Å². The van der Waals surface area contributed by atoms with E-state index < -0.39 is 12.3 Å². The number of benzene rings is 1. The molecule has 3 nitrogen and oxygen atoms in total. The van der Waals surface area contributed by atoms with Gasteiger partial charge in [0.15, 0.2) is 6.10 Å². The van der Waals surface area contributed by atoms with Gasteiger partial charge in [-0.3, -0.25) is 0 Å². The molecule has 0 N–H and O–H groups in total. The highest BCUT2D eigenvalue weighted by atomic mass is 16.7. The van der Waals surface area contributed by atoms with Crippen molar-refractivity contribution in [1.29, 1.82) is 0 Å². The van der Waals surface area contributed by atoms with Crippen LogP contribution in [0.25, 0.3) is 0 Å². The number of rotatable bonds is 5. The summed E-state index contributed by atoms with van der Waals surface area (Å²) < 4.78 is 9.98. The van der Waals surface area contributed by atoms with Crippen molar-refractivity contribution in [3.05, 3.63) is 30.3 Å². The van der Waals surface area contributed by atoms with Gasteiger partial charge in [-0.05, 0) is 25.0 Å². The molecule has 0 amide bonds. The summed E-state index contributed by atoms with van der Waals surface area (Å²) in [6.07, 6.45) is 6.61. The van der Waals surface area contributed by atoms with Gasteiger partial charge in [0.1, 0.15) is 5.75 Å². The van der Waals surface area contributed by atoms with Crippen LogP contribution in [-0.4, -0.2) is 12.3 Å². The molecular weight excluding hydrogens is 216 g/mol. The predicted octanol–water partition coefficient (Wildman–Crippen LogP) is 3.39. The summed E-state index contributed by atoms with van der Waals surface area (Å²) in [4.78, 5) is 11.4. The lowest BCUT2D eigenvalue weighted by Gasteiger charge is -2.11. The number of carbonyl (C=O) groups is 1. The van der Waals surface area contributed by atoms with E-state index in [1.54, 1.807) is 24.3 Å². The van der Waals surface area contributed by atoms with Crippen molar-refractivity contribution in [1.82, 2.24) is 0 Å². The van der Waals surface area contributed by atoms with Crippen molar-refractivity contribution < 1.29 is 14.3 Å². The van der Waals surface area contributed by atoms with Gasteiger partial charge in [-0.2, -0.15) is 0 Å². The van der Waals surface area contributed by atoms with E-state index in [0.29, 0.717) is 12.2 Å². The third-order valence-corrected chi connectivity index (χ3v) is 2.19. The van der Waals surface area contributed by atoms with Gasteiger partial charge in [-0.1, -0.05) is 37.5 Å². The van der Waals surface area contributed by atoms with Gasteiger partial charge in [0.05, 0.1) is 0 Å². The van der Waals surface area contributed by atoms with Crippen molar-refractivity contribution in [2.75, 3.05) is 0 Å². The van der Waals surface area contributed by atoms with Crippen LogP contribution >= 0.6 is 0 Å². The molecule has 0 spiro atoms. The third kappa shape index (κ3) is 5.07. The second-order valence-corrected chi connectivity index (χ2v) is 3.58. The molecule has 0 radical (unpaired) electrons. The maximum atomic E-state index is 11.4. The summed E-state index contributed by atoms with van der Waals surface area (Å²) in [6, 6.07) is 8.75. The fraction of sp³-hybridized carbons (Fsp3) is 0.357. The molecule has 0 heterocycles. The van der Waals surface area contributed by atoms with Crippen LogP contribution in [0, 0.1) is 12.3 Å². The zero-order valence-electron chi connectivity index (χ0n) is 9.89. The Hall–Kier alpha value is -1.95. The average Bonchev–Trinajstić information content (AvgIpc) is 2.35. The molecule has 0 saturated heterocycles. The van der Waals surface area contributed by atoms with Crippen LogP contribution in [0.5, 0.6) is 5.75 Å². The molecule has 0 fully saturated rings. The van der Waals surface area contributed by atoms with Crippen LogP contribution in [-0.2, 0) is 4.74 Å². The largest absolute Gasteiger partial charge is 0.515 e. The second-order valence-electron chi connectivity index (χ2n) is 3.58. The molecule has 3 heteroatoms. The van der Waals surface area contributed by atoms with E-state index in [0.717, 1.165) is 12.8 Å². The third-order valence-electron chi connectivity index (χ3n) is 2.19. The maximum Gasteiger partial charge on any atom is 0.515 e. The smallest absolute Gasteiger partial charge is 0.417 e. The number of terminal acetylenes is 1. The van der Waals surface area contributed by atoms with Gasteiger partial charge in [0, 0.05) is 0 Å². The Kier molecular flexibility index (Phi) is 5.67. The Labute approximate surface area is 102 Å². The van der Waals surface area contributed by atoms with E-state index in [4.69, 9.17) is 15.9 Å². The molecule has 90 valence electrons. The number of carbonyl (C=O) groups excluding carboxylic acids is 1. The van der Waals surface area contributed by atoms with Crippen LogP contribution in [0.4, 0.5) is 4.79 Å². The molecule has 0 bridgehead atoms. The number of ether oxygens (including phenoxy) is 2. The van der Waals surface area contributed by atoms with Crippen LogP contribution in [0.15, 0.2) is 30.3 Å². The van der Waals surface area contributed by atoms with Crippen LogP contribution in [0.3, 0.4) is 0 Å². The summed E-state index contributed by atoms with van der Waals surface area (Å²) in [5.41, 5.74) is 0. The topological polar surface area (TPSA) is 35.5 Å². The zero-order valence-corrected chi connectivity index (χ0v) is 9.89. The molecular formula is C14H16O3. The zero-order chi connectivity index (χ0) is 12.5. The molecule has 1 unspecified atom stereocenters. The summed E-state index contributed by atoms with van der Waals surface area (Å²) >= 11 is 0. The number of para-hydroxylation sites is 1. The fourth-order valence-corrected chi connectivity index (χ4v) is 1.29. The highest BCUT2D eigenvalue weighted by molar-refractivity contribution is 5.64. The van der Waals surface area contributed by atoms with Crippen LogP contribution in [0.1, 0.15) is 26.2 Å². The molecule has 0 aromatic heterocycles. The Morgan fingerprint density at radius 2 is 2.12 bits per heavy atom. The summed E-state index contributed by atoms with van der Waals surface area (Å²) in [6.45, 7) is 2.05. The Bertz CT molecular complexity index is 378. The molecule has 0 saturated carbocycles. The van der Waals surface area contributed by atoms with Crippen LogP contribution in [0.2, 0.25) is 0 Å². The van der Waals surface area contributed by atoms with Crippen molar-refractivity contribution in [2.45, 2.75) is 32.3 Å². The molecule has 0 aliphatic heterocycles. The molecule has 1 rings (SSSR count). The monoisotopic (exact) mass is 232 g/mol. The quantitative estimate of drug-likeness (QED) is 0.443. The Morgan fingerprint density at radius 1 is 1.41 bits per heavy atom. The van der Waals surface area contributed by atoms with E-state index in [1.165, 1.54) is 0 Å². The summed E-state index contributed by atoms with van der Waals surface area (Å²) in [7, 11) is 0. The van der Waals surface area contributed by atoms with Crippen molar-refractivity contribution in [3.8, 4) is 18.1 Å². The normalized spacial score (nSPS) is 11.3. The molecule has 0 aliphatic carbocycles. The lowest BCUT2D eigenvalue weighted by Crippen LogP contribution is -2.19. The van der Waals surface area contributed by atoms with E-state index in [-0.39, 0.29) is 0 Å². The van der Waals surface area contributed by atoms with Gasteiger partial charge in [-0.25, -0.2) is 4.79 Å². The van der Waals surface area contributed by atoms with Crippen molar-refractivity contribution >= 4 is 6.16 Å². The minimum absolute atomic E-state index is 0.448. The van der Waals surface area contributed by atoms with Crippen molar-refractivity contribution in [3.63, 3.8) is 0 Å². The first-order valence-electron chi connectivity index (χ1n) is 5.66. The highest BCUT2D eigenvalue weighted by Crippen LogP contribution is 2.11. The first-order chi connectivity index (χ1) is 8.26. The van der Waals surface area contributed by atoms with E-state index in [2.05, 4.69) is 12.8 Å². The first-order valence-corrected chi connectivity index (χ1v) is 5.66. The van der Waals surface area contributed by atoms with Gasteiger partial charge >= 0.3 is 6.16 Å². The SMILES string of the molecule is C#CC(CCCC)OC(=O)Oc1ccccc1. The highest BCUT2D eigenvalue weighted by Gasteiger charge is 2.12. The van der Waals surface area contributed by atoms with Gasteiger partial charge in [-0.15, -0.1) is 6.42 Å². The van der Waals surface area contributed by atoms with Gasteiger partial charge in [0.2, 0.25) is 0 Å². The molecule has 1 aromatic carbocycles. The summed E-state index contributed by atoms with van der Waals surface area (Å²) in [5.74, 6) is 2.88. The second kappa shape index (κ2) is 7.34. The molecule has 0 aliphatic rings. The molecule has 1 aromatic rings. The lowest BCUT2D eigenvalue weighted by atomic mass is 10.2. The van der Waals surface area contributed by atoms with Crippen molar-refractivity contribution in [2.24, 2.45) is 0 Å². The predicted molar refractivity (Wildman–Crippen MR) is 65.7 cm³/mol. The summed E-state index contributed by atoms with van der Waals surface area (Å²) in [5, 5.41) is 0. The average molecular weight is 232 g/mol. The number of hydrogen-bond donors (Lipinski definition) is 0. The minimum Gasteiger partial charge on any atom is -0.417 e. The standard InChI is InChI=1S/C14H16O3/c1-3-5-9-12(4-2)16-14(15)17-13-10-7-6-8-11-13/h2,6-8,10-12H,3,5,9H2,1H3. The maximum absolute atomic E-state index is 11.4. The van der Waals surface area contributed by atoms with E-state index in [9.17, 15) is 4.79 Å². The van der Waals surface area contributed by atoms with Gasteiger partial charge < -0.3 is 9.47 Å². The van der Waals surface area contributed by atoms with E-state index in [1.807, 2.05) is 6.07 Å².